The summed E-state index contributed by atoms with van der Waals surface area (Å²) in [6.45, 7) is 2.02. The summed E-state index contributed by atoms with van der Waals surface area (Å²) in [5, 5.41) is 1.11. The number of rotatable bonds is 1. The Balaban J connectivity index is 2.59. The van der Waals surface area contributed by atoms with Gasteiger partial charge in [-0.1, -0.05) is 35.3 Å². The van der Waals surface area contributed by atoms with Crippen LogP contribution in [-0.2, 0) is 0 Å². The first-order chi connectivity index (χ1) is 7.18. The van der Waals surface area contributed by atoms with E-state index in [1.807, 2.05) is 31.2 Å². The third-order valence-corrected chi connectivity index (χ3v) is 2.96. The number of hydrogen-bond donors (Lipinski definition) is 0. The van der Waals surface area contributed by atoms with Gasteiger partial charge in [0.1, 0.15) is 0 Å². The highest BCUT2D eigenvalue weighted by Gasteiger charge is 2.07. The molecule has 1 heterocycles. The normalized spacial score (nSPS) is 10.3. The summed E-state index contributed by atoms with van der Waals surface area (Å²) in [6, 6.07) is 9.48. The van der Waals surface area contributed by atoms with Crippen molar-refractivity contribution in [3.05, 3.63) is 52.1 Å². The summed E-state index contributed by atoms with van der Waals surface area (Å²) in [7, 11) is 0. The molecule has 76 valence electrons. The van der Waals surface area contributed by atoms with Gasteiger partial charge in [-0.15, -0.1) is 0 Å². The lowest BCUT2D eigenvalue weighted by Gasteiger charge is -2.05. The van der Waals surface area contributed by atoms with Crippen LogP contribution in [0.1, 0.15) is 5.56 Å². The van der Waals surface area contributed by atoms with Crippen molar-refractivity contribution in [3.63, 3.8) is 0 Å². The average molecular weight is 238 g/mol. The SMILES string of the molecule is Cc1ccnc(-c2cccc(Cl)c2Cl)c1. The maximum atomic E-state index is 6.11. The van der Waals surface area contributed by atoms with Crippen LogP contribution < -0.4 is 0 Å². The Morgan fingerprint density at radius 3 is 2.67 bits per heavy atom. The molecule has 0 atom stereocenters. The third kappa shape index (κ3) is 2.14. The number of benzene rings is 1. The van der Waals surface area contributed by atoms with Gasteiger partial charge in [-0.25, -0.2) is 0 Å². The van der Waals surface area contributed by atoms with Crippen molar-refractivity contribution >= 4 is 23.2 Å². The van der Waals surface area contributed by atoms with E-state index in [-0.39, 0.29) is 0 Å². The Morgan fingerprint density at radius 2 is 1.93 bits per heavy atom. The van der Waals surface area contributed by atoms with Crippen LogP contribution in [0.4, 0.5) is 0 Å². The van der Waals surface area contributed by atoms with Gasteiger partial charge in [-0.2, -0.15) is 0 Å². The number of nitrogens with zero attached hydrogens (tertiary/aromatic N) is 1. The third-order valence-electron chi connectivity index (χ3n) is 2.14. The van der Waals surface area contributed by atoms with Crippen molar-refractivity contribution < 1.29 is 0 Å². The molecular formula is C12H9Cl2N. The predicted molar refractivity (Wildman–Crippen MR) is 64.4 cm³/mol. The van der Waals surface area contributed by atoms with Crippen LogP contribution in [0, 0.1) is 6.92 Å². The molecular weight excluding hydrogens is 229 g/mol. The highest BCUT2D eigenvalue weighted by molar-refractivity contribution is 6.43. The van der Waals surface area contributed by atoms with Gasteiger partial charge in [0.15, 0.2) is 0 Å². The minimum atomic E-state index is 0.553. The maximum absolute atomic E-state index is 6.11. The molecule has 2 rings (SSSR count). The number of aromatic nitrogens is 1. The van der Waals surface area contributed by atoms with Crippen LogP contribution in [-0.4, -0.2) is 4.98 Å². The van der Waals surface area contributed by atoms with Crippen molar-refractivity contribution in [1.29, 1.82) is 0 Å². The maximum Gasteiger partial charge on any atom is 0.0720 e. The minimum absolute atomic E-state index is 0.553. The van der Waals surface area contributed by atoms with Gasteiger partial charge >= 0.3 is 0 Å². The predicted octanol–water partition coefficient (Wildman–Crippen LogP) is 4.36. The fourth-order valence-electron chi connectivity index (χ4n) is 1.39. The Labute approximate surface area is 98.7 Å². The number of pyridine rings is 1. The van der Waals surface area contributed by atoms with Gasteiger partial charge in [0.25, 0.3) is 0 Å². The second kappa shape index (κ2) is 4.21. The second-order valence-corrected chi connectivity index (χ2v) is 4.10. The van der Waals surface area contributed by atoms with Crippen molar-refractivity contribution in [1.82, 2.24) is 4.98 Å². The molecule has 1 nitrogen and oxygen atoms in total. The van der Waals surface area contributed by atoms with Crippen molar-refractivity contribution in [2.24, 2.45) is 0 Å². The standard InChI is InChI=1S/C12H9Cl2N/c1-8-5-6-15-11(7-8)9-3-2-4-10(13)12(9)14/h2-7H,1H3. The number of halogens is 2. The van der Waals surface area contributed by atoms with Gasteiger partial charge in [0.2, 0.25) is 0 Å². The Morgan fingerprint density at radius 1 is 1.13 bits per heavy atom. The largest absolute Gasteiger partial charge is 0.256 e. The van der Waals surface area contributed by atoms with E-state index in [1.165, 1.54) is 0 Å². The van der Waals surface area contributed by atoms with Gasteiger partial charge in [0.05, 0.1) is 15.7 Å². The van der Waals surface area contributed by atoms with Gasteiger partial charge in [0, 0.05) is 11.8 Å². The van der Waals surface area contributed by atoms with E-state index in [9.17, 15) is 0 Å². The van der Waals surface area contributed by atoms with Crippen LogP contribution in [0.25, 0.3) is 11.3 Å². The molecule has 0 aliphatic rings. The van der Waals surface area contributed by atoms with Crippen molar-refractivity contribution in [3.8, 4) is 11.3 Å². The highest BCUT2D eigenvalue weighted by atomic mass is 35.5. The van der Waals surface area contributed by atoms with E-state index in [1.54, 1.807) is 12.3 Å². The van der Waals surface area contributed by atoms with E-state index in [0.29, 0.717) is 10.0 Å². The summed E-state index contributed by atoms with van der Waals surface area (Å²) in [5.41, 5.74) is 2.87. The lowest BCUT2D eigenvalue weighted by atomic mass is 10.1. The van der Waals surface area contributed by atoms with Gasteiger partial charge in [-0.3, -0.25) is 4.98 Å². The highest BCUT2D eigenvalue weighted by Crippen LogP contribution is 2.32. The van der Waals surface area contributed by atoms with E-state index >= 15 is 0 Å². The number of aryl methyl sites for hydroxylation is 1. The average Bonchev–Trinajstić information content (AvgIpc) is 2.22. The zero-order chi connectivity index (χ0) is 10.8. The molecule has 0 radical (unpaired) electrons. The van der Waals surface area contributed by atoms with E-state index in [0.717, 1.165) is 16.8 Å². The van der Waals surface area contributed by atoms with Crippen LogP contribution in [0.2, 0.25) is 10.0 Å². The van der Waals surface area contributed by atoms with Crippen LogP contribution in [0.15, 0.2) is 36.5 Å². The summed E-state index contributed by atoms with van der Waals surface area (Å²) in [6.07, 6.45) is 1.77. The molecule has 15 heavy (non-hydrogen) atoms. The molecule has 2 aromatic rings. The first-order valence-electron chi connectivity index (χ1n) is 4.55. The smallest absolute Gasteiger partial charge is 0.0720 e. The molecule has 0 bridgehead atoms. The molecule has 0 saturated heterocycles. The van der Waals surface area contributed by atoms with E-state index in [2.05, 4.69) is 4.98 Å². The monoisotopic (exact) mass is 237 g/mol. The first-order valence-corrected chi connectivity index (χ1v) is 5.31. The molecule has 3 heteroatoms. The molecule has 0 aliphatic heterocycles. The minimum Gasteiger partial charge on any atom is -0.256 e. The molecule has 1 aromatic heterocycles. The van der Waals surface area contributed by atoms with Crippen molar-refractivity contribution in [2.75, 3.05) is 0 Å². The summed E-state index contributed by atoms with van der Waals surface area (Å²) in [4.78, 5) is 4.27. The molecule has 0 N–H and O–H groups in total. The summed E-state index contributed by atoms with van der Waals surface area (Å²) >= 11 is 12.1. The zero-order valence-corrected chi connectivity index (χ0v) is 9.68. The molecule has 0 fully saturated rings. The van der Waals surface area contributed by atoms with Gasteiger partial charge < -0.3 is 0 Å². The molecule has 0 spiro atoms. The molecule has 0 unspecified atom stereocenters. The van der Waals surface area contributed by atoms with E-state index in [4.69, 9.17) is 23.2 Å². The first kappa shape index (κ1) is 10.5. The lowest BCUT2D eigenvalue weighted by molar-refractivity contribution is 1.29. The summed E-state index contributed by atoms with van der Waals surface area (Å²) < 4.78 is 0. The second-order valence-electron chi connectivity index (χ2n) is 3.32. The molecule has 0 saturated carbocycles. The summed E-state index contributed by atoms with van der Waals surface area (Å²) in [5.74, 6) is 0. The fraction of sp³-hybridized carbons (Fsp3) is 0.0833. The number of hydrogen-bond acceptors (Lipinski definition) is 1. The topological polar surface area (TPSA) is 12.9 Å². The Hall–Kier alpha value is -1.05. The Kier molecular flexibility index (Phi) is 2.94. The lowest BCUT2D eigenvalue weighted by Crippen LogP contribution is -1.85. The van der Waals surface area contributed by atoms with Crippen LogP contribution in [0.3, 0.4) is 0 Å². The Bertz CT molecular complexity index is 495. The van der Waals surface area contributed by atoms with Crippen LogP contribution in [0.5, 0.6) is 0 Å². The zero-order valence-electron chi connectivity index (χ0n) is 8.17. The van der Waals surface area contributed by atoms with Crippen LogP contribution >= 0.6 is 23.2 Å². The quantitative estimate of drug-likeness (QED) is 0.719. The molecule has 0 aliphatic carbocycles. The fourth-order valence-corrected chi connectivity index (χ4v) is 1.78. The van der Waals surface area contributed by atoms with Crippen molar-refractivity contribution in [2.45, 2.75) is 6.92 Å². The van der Waals surface area contributed by atoms with E-state index < -0.39 is 0 Å². The van der Waals surface area contributed by atoms with Gasteiger partial charge in [-0.05, 0) is 30.7 Å². The molecule has 1 aromatic carbocycles. The molecule has 0 amide bonds.